The molecule has 166 valence electrons. The van der Waals surface area contributed by atoms with Gasteiger partial charge >= 0.3 is 0 Å². The van der Waals surface area contributed by atoms with Crippen LogP contribution in [0.15, 0.2) is 52.4 Å². The Hall–Kier alpha value is -2.49. The highest BCUT2D eigenvalue weighted by molar-refractivity contribution is 7.91. The second-order valence-corrected chi connectivity index (χ2v) is 9.87. The van der Waals surface area contributed by atoms with Crippen LogP contribution in [0.25, 0.3) is 10.2 Å². The van der Waals surface area contributed by atoms with E-state index in [-0.39, 0.29) is 16.2 Å². The number of amides is 1. The Labute approximate surface area is 185 Å². The first kappa shape index (κ1) is 23.2. The lowest BCUT2D eigenvalue weighted by atomic mass is 10.2. The van der Waals surface area contributed by atoms with Crippen LogP contribution in [0.1, 0.15) is 31.1 Å². The first-order chi connectivity index (χ1) is 14.9. The lowest BCUT2D eigenvalue weighted by Crippen LogP contribution is -2.20. The number of ether oxygens (including phenoxy) is 2. The zero-order chi connectivity index (χ0) is 22.4. The van der Waals surface area contributed by atoms with E-state index in [1.165, 1.54) is 23.5 Å². The second-order valence-electron chi connectivity index (χ2n) is 6.61. The first-order valence-electron chi connectivity index (χ1n) is 10.2. The van der Waals surface area contributed by atoms with Gasteiger partial charge in [0.25, 0.3) is 5.91 Å². The summed E-state index contributed by atoms with van der Waals surface area (Å²) in [5.41, 5.74) is 0.988. The Morgan fingerprint density at radius 1 is 1.10 bits per heavy atom. The molecule has 0 bridgehead atoms. The summed E-state index contributed by atoms with van der Waals surface area (Å²) in [6.07, 6.45) is 0. The Morgan fingerprint density at radius 3 is 2.58 bits per heavy atom. The zero-order valence-electron chi connectivity index (χ0n) is 17.8. The molecular formula is C22H26N2O5S2. The van der Waals surface area contributed by atoms with Gasteiger partial charge in [0.15, 0.2) is 14.6 Å². The first-order valence-corrected chi connectivity index (χ1v) is 12.6. The molecule has 0 saturated heterocycles. The summed E-state index contributed by atoms with van der Waals surface area (Å²) < 4.78 is 38.8. The molecule has 3 aromatic rings. The van der Waals surface area contributed by atoms with Crippen LogP contribution in [0.4, 0.5) is 0 Å². The van der Waals surface area contributed by atoms with Gasteiger partial charge in [-0.15, -0.1) is 0 Å². The topological polar surface area (TPSA) is 87.0 Å². The lowest BCUT2D eigenvalue weighted by Gasteiger charge is -2.07. The Bertz CT molecular complexity index is 1240. The third kappa shape index (κ3) is 5.23. The van der Waals surface area contributed by atoms with E-state index in [1.807, 2.05) is 36.6 Å². The van der Waals surface area contributed by atoms with E-state index in [0.717, 1.165) is 16.0 Å². The van der Waals surface area contributed by atoms with Crippen molar-refractivity contribution in [1.82, 2.24) is 4.57 Å². The lowest BCUT2D eigenvalue weighted by molar-refractivity contribution is 0.0993. The maximum Gasteiger partial charge on any atom is 0.280 e. The van der Waals surface area contributed by atoms with Crippen molar-refractivity contribution in [2.75, 3.05) is 25.6 Å². The molecule has 0 atom stereocenters. The van der Waals surface area contributed by atoms with E-state index in [9.17, 15) is 13.2 Å². The molecule has 1 amide bonds. The molecule has 0 radical (unpaired) electrons. The molecule has 0 N–H and O–H groups in total. The van der Waals surface area contributed by atoms with Crippen molar-refractivity contribution >= 4 is 37.3 Å². The standard InChI is InChI=1S/C22H26N2O5S2/c1-4-28-14-13-24-18-12-11-16(29-5-2)15-19(18)30-22(24)23-21(25)17-9-7-8-10-20(17)31(26,27)6-3/h7-12,15H,4-6,13-14H2,1-3H3. The highest BCUT2D eigenvalue weighted by Crippen LogP contribution is 2.24. The van der Waals surface area contributed by atoms with Crippen LogP contribution in [-0.4, -0.2) is 44.5 Å². The molecule has 1 aromatic heterocycles. The number of aromatic nitrogens is 1. The summed E-state index contributed by atoms with van der Waals surface area (Å²) in [4.78, 5) is 17.8. The summed E-state index contributed by atoms with van der Waals surface area (Å²) in [5, 5.41) is 0. The third-order valence-electron chi connectivity index (χ3n) is 4.66. The minimum Gasteiger partial charge on any atom is -0.494 e. The number of nitrogens with zero attached hydrogens (tertiary/aromatic N) is 2. The number of fused-ring (bicyclic) bond motifs is 1. The monoisotopic (exact) mass is 462 g/mol. The molecular weight excluding hydrogens is 436 g/mol. The van der Waals surface area contributed by atoms with E-state index in [4.69, 9.17) is 9.47 Å². The van der Waals surface area contributed by atoms with Gasteiger partial charge in [-0.25, -0.2) is 8.42 Å². The Kier molecular flexibility index (Phi) is 7.64. The molecule has 0 aliphatic carbocycles. The summed E-state index contributed by atoms with van der Waals surface area (Å²) in [6.45, 7) is 7.52. The van der Waals surface area contributed by atoms with Gasteiger partial charge in [0.1, 0.15) is 5.75 Å². The number of rotatable bonds is 9. The van der Waals surface area contributed by atoms with E-state index in [2.05, 4.69) is 4.99 Å². The molecule has 31 heavy (non-hydrogen) atoms. The Balaban J connectivity index is 2.12. The molecule has 1 heterocycles. The van der Waals surface area contributed by atoms with Crippen molar-refractivity contribution in [3.05, 3.63) is 52.8 Å². The molecule has 9 heteroatoms. The number of benzene rings is 2. The van der Waals surface area contributed by atoms with E-state index in [0.29, 0.717) is 31.2 Å². The average molecular weight is 463 g/mol. The number of carbonyl (C=O) groups is 1. The molecule has 2 aromatic carbocycles. The maximum absolute atomic E-state index is 13.0. The second kappa shape index (κ2) is 10.2. The van der Waals surface area contributed by atoms with Crippen LogP contribution in [0, 0.1) is 0 Å². The van der Waals surface area contributed by atoms with Crippen molar-refractivity contribution in [2.24, 2.45) is 4.99 Å². The van der Waals surface area contributed by atoms with Gasteiger partial charge in [0, 0.05) is 13.2 Å². The molecule has 0 aliphatic heterocycles. The number of hydrogen-bond donors (Lipinski definition) is 0. The summed E-state index contributed by atoms with van der Waals surface area (Å²) in [6, 6.07) is 11.9. The molecule has 3 rings (SSSR count). The Morgan fingerprint density at radius 2 is 1.87 bits per heavy atom. The predicted molar refractivity (Wildman–Crippen MR) is 122 cm³/mol. The van der Waals surface area contributed by atoms with Gasteiger partial charge in [-0.05, 0) is 44.2 Å². The molecule has 0 unspecified atom stereocenters. The molecule has 0 aliphatic rings. The third-order valence-corrected chi connectivity index (χ3v) is 7.49. The van der Waals surface area contributed by atoms with Crippen LogP contribution in [-0.2, 0) is 21.1 Å². The fourth-order valence-electron chi connectivity index (χ4n) is 3.13. The van der Waals surface area contributed by atoms with Gasteiger partial charge in [0.2, 0.25) is 0 Å². The van der Waals surface area contributed by atoms with Crippen LogP contribution >= 0.6 is 11.3 Å². The average Bonchev–Trinajstić information content (AvgIpc) is 3.10. The SMILES string of the molecule is CCOCCn1c(=NC(=O)c2ccccc2S(=O)(=O)CC)sc2cc(OCC)ccc21. The normalized spacial score (nSPS) is 12.4. The smallest absolute Gasteiger partial charge is 0.280 e. The summed E-state index contributed by atoms with van der Waals surface area (Å²) >= 11 is 1.35. The van der Waals surface area contributed by atoms with Crippen molar-refractivity contribution in [1.29, 1.82) is 0 Å². The minimum absolute atomic E-state index is 0.00635. The van der Waals surface area contributed by atoms with E-state index >= 15 is 0 Å². The predicted octanol–water partition coefficient (Wildman–Crippen LogP) is 3.67. The van der Waals surface area contributed by atoms with Crippen molar-refractivity contribution in [3.63, 3.8) is 0 Å². The number of sulfone groups is 1. The molecule has 7 nitrogen and oxygen atoms in total. The highest BCUT2D eigenvalue weighted by Gasteiger charge is 2.20. The largest absolute Gasteiger partial charge is 0.494 e. The van der Waals surface area contributed by atoms with Crippen molar-refractivity contribution < 1.29 is 22.7 Å². The van der Waals surface area contributed by atoms with Gasteiger partial charge in [0.05, 0.1) is 39.6 Å². The fourth-order valence-corrected chi connectivity index (χ4v) is 5.30. The fraction of sp³-hybridized carbons (Fsp3) is 0.364. The molecule has 0 fully saturated rings. The van der Waals surface area contributed by atoms with Crippen molar-refractivity contribution in [2.45, 2.75) is 32.2 Å². The highest BCUT2D eigenvalue weighted by atomic mass is 32.2. The van der Waals surface area contributed by atoms with Gasteiger partial charge < -0.3 is 14.0 Å². The van der Waals surface area contributed by atoms with Gasteiger partial charge in [-0.1, -0.05) is 30.4 Å². The number of thiazole rings is 1. The van der Waals surface area contributed by atoms with Crippen LogP contribution in [0.3, 0.4) is 0 Å². The maximum atomic E-state index is 13.0. The number of carbonyl (C=O) groups excluding carboxylic acids is 1. The molecule has 0 spiro atoms. The van der Waals surface area contributed by atoms with Crippen LogP contribution in [0.5, 0.6) is 5.75 Å². The van der Waals surface area contributed by atoms with Crippen molar-refractivity contribution in [3.8, 4) is 5.75 Å². The van der Waals surface area contributed by atoms with Crippen LogP contribution in [0.2, 0.25) is 0 Å². The van der Waals surface area contributed by atoms with E-state index < -0.39 is 15.7 Å². The molecule has 0 saturated carbocycles. The van der Waals surface area contributed by atoms with E-state index in [1.54, 1.807) is 19.1 Å². The van der Waals surface area contributed by atoms with Gasteiger partial charge in [-0.2, -0.15) is 4.99 Å². The van der Waals surface area contributed by atoms with Crippen LogP contribution < -0.4 is 9.54 Å². The quantitative estimate of drug-likeness (QED) is 0.453. The summed E-state index contributed by atoms with van der Waals surface area (Å²) in [5.74, 6) is 0.0641. The summed E-state index contributed by atoms with van der Waals surface area (Å²) in [7, 11) is -3.55. The minimum atomic E-state index is -3.55. The van der Waals surface area contributed by atoms with Gasteiger partial charge in [-0.3, -0.25) is 4.79 Å². The number of hydrogen-bond acceptors (Lipinski definition) is 6. The zero-order valence-corrected chi connectivity index (χ0v) is 19.5.